The monoisotopic (exact) mass is 354 g/mol. The highest BCUT2D eigenvalue weighted by atomic mass is 16.7. The highest BCUT2D eigenvalue weighted by Gasteiger charge is 2.33. The Hall–Kier alpha value is -0.0800. The molecule has 0 aromatic heterocycles. The fourth-order valence-electron chi connectivity index (χ4n) is 3.91. The van der Waals surface area contributed by atoms with Crippen molar-refractivity contribution >= 4 is 0 Å². The molecule has 150 valence electrons. The molecule has 1 rings (SSSR count). The standard InChI is InChI=1S/C23H46O2/c1-3-5-7-9-10-11-12-13-15-17-20-23(24-21-18-22-25-23)19-16-14-8-6-4-2/h3-22H2,1-2H3. The van der Waals surface area contributed by atoms with Gasteiger partial charge in [-0.25, -0.2) is 0 Å². The molecule has 1 aliphatic heterocycles. The normalized spacial score (nSPS) is 17.0. The lowest BCUT2D eigenvalue weighted by Gasteiger charge is -2.37. The summed E-state index contributed by atoms with van der Waals surface area (Å²) in [7, 11) is 0. The lowest BCUT2D eigenvalue weighted by Crippen LogP contribution is -2.40. The van der Waals surface area contributed by atoms with E-state index in [4.69, 9.17) is 9.47 Å². The van der Waals surface area contributed by atoms with Crippen molar-refractivity contribution in [2.75, 3.05) is 13.2 Å². The Bertz CT molecular complexity index is 271. The molecule has 0 radical (unpaired) electrons. The van der Waals surface area contributed by atoms with E-state index in [1.165, 1.54) is 96.3 Å². The summed E-state index contributed by atoms with van der Waals surface area (Å²) in [6.45, 7) is 6.36. The SMILES string of the molecule is CCCCCCCCCCCCC1(CCCCCCC)OCCCO1. The molecule has 25 heavy (non-hydrogen) atoms. The molecule has 0 amide bonds. The summed E-state index contributed by atoms with van der Waals surface area (Å²) >= 11 is 0. The van der Waals surface area contributed by atoms with Crippen molar-refractivity contribution in [1.82, 2.24) is 0 Å². The average Bonchev–Trinajstić information content (AvgIpc) is 2.64. The topological polar surface area (TPSA) is 18.5 Å². The molecule has 1 fully saturated rings. The molecule has 0 atom stereocenters. The van der Waals surface area contributed by atoms with E-state index in [2.05, 4.69) is 13.8 Å². The van der Waals surface area contributed by atoms with Gasteiger partial charge in [-0.05, 0) is 19.3 Å². The highest BCUT2D eigenvalue weighted by molar-refractivity contribution is 4.73. The van der Waals surface area contributed by atoms with E-state index in [1.54, 1.807) is 0 Å². The van der Waals surface area contributed by atoms with Crippen molar-refractivity contribution < 1.29 is 9.47 Å². The van der Waals surface area contributed by atoms with Gasteiger partial charge in [0.05, 0.1) is 13.2 Å². The predicted octanol–water partition coefficient (Wildman–Crippen LogP) is 7.79. The molecule has 2 nitrogen and oxygen atoms in total. The first-order valence-electron chi connectivity index (χ1n) is 11.6. The molecule has 2 heteroatoms. The molecule has 0 bridgehead atoms. The van der Waals surface area contributed by atoms with Gasteiger partial charge in [-0.1, -0.05) is 97.3 Å². The Labute approximate surface area is 158 Å². The van der Waals surface area contributed by atoms with E-state index in [1.807, 2.05) is 0 Å². The minimum atomic E-state index is -0.232. The summed E-state index contributed by atoms with van der Waals surface area (Å²) in [6, 6.07) is 0. The van der Waals surface area contributed by atoms with E-state index in [9.17, 15) is 0 Å². The third-order valence-electron chi connectivity index (χ3n) is 5.59. The summed E-state index contributed by atoms with van der Waals surface area (Å²) in [5.74, 6) is -0.232. The van der Waals surface area contributed by atoms with Gasteiger partial charge < -0.3 is 9.47 Å². The molecule has 0 spiro atoms. The van der Waals surface area contributed by atoms with Gasteiger partial charge in [-0.15, -0.1) is 0 Å². The van der Waals surface area contributed by atoms with Crippen LogP contribution >= 0.6 is 0 Å². The van der Waals surface area contributed by atoms with Gasteiger partial charge in [0.2, 0.25) is 0 Å². The molecular weight excluding hydrogens is 308 g/mol. The van der Waals surface area contributed by atoms with Crippen molar-refractivity contribution in [3.63, 3.8) is 0 Å². The summed E-state index contributed by atoms with van der Waals surface area (Å²) < 4.78 is 12.3. The van der Waals surface area contributed by atoms with Crippen LogP contribution in [0.15, 0.2) is 0 Å². The zero-order valence-electron chi connectivity index (χ0n) is 17.5. The van der Waals surface area contributed by atoms with Crippen molar-refractivity contribution in [3.05, 3.63) is 0 Å². The van der Waals surface area contributed by atoms with Gasteiger partial charge in [-0.3, -0.25) is 0 Å². The molecule has 1 heterocycles. The maximum Gasteiger partial charge on any atom is 0.168 e. The minimum absolute atomic E-state index is 0.232. The fourth-order valence-corrected chi connectivity index (χ4v) is 3.91. The lowest BCUT2D eigenvalue weighted by molar-refractivity contribution is -0.274. The van der Waals surface area contributed by atoms with Crippen molar-refractivity contribution in [2.24, 2.45) is 0 Å². The van der Waals surface area contributed by atoms with Gasteiger partial charge in [-0.2, -0.15) is 0 Å². The Morgan fingerprint density at radius 1 is 0.520 bits per heavy atom. The first-order chi connectivity index (χ1) is 12.3. The van der Waals surface area contributed by atoms with Crippen molar-refractivity contribution in [2.45, 2.75) is 135 Å². The molecule has 0 aromatic carbocycles. The Balaban J connectivity index is 2.06. The Kier molecular flexibility index (Phi) is 14.8. The molecule has 0 aliphatic carbocycles. The second kappa shape index (κ2) is 16.1. The van der Waals surface area contributed by atoms with Gasteiger partial charge in [0.1, 0.15) is 0 Å². The van der Waals surface area contributed by atoms with Crippen LogP contribution in [0.3, 0.4) is 0 Å². The number of unbranched alkanes of at least 4 members (excludes halogenated alkanes) is 13. The number of ether oxygens (including phenoxy) is 2. The molecular formula is C23H46O2. The summed E-state index contributed by atoms with van der Waals surface area (Å²) in [5, 5.41) is 0. The highest BCUT2D eigenvalue weighted by Crippen LogP contribution is 2.31. The fraction of sp³-hybridized carbons (Fsp3) is 1.00. The third kappa shape index (κ3) is 12.0. The summed E-state index contributed by atoms with van der Waals surface area (Å²) in [5.41, 5.74) is 0. The molecule has 0 aromatic rings. The molecule has 1 aliphatic rings. The summed E-state index contributed by atoms with van der Waals surface area (Å²) in [6.07, 6.45) is 23.9. The number of rotatable bonds is 17. The smallest absolute Gasteiger partial charge is 0.168 e. The van der Waals surface area contributed by atoms with Crippen LogP contribution in [0.2, 0.25) is 0 Å². The van der Waals surface area contributed by atoms with Crippen LogP contribution in [0, 0.1) is 0 Å². The van der Waals surface area contributed by atoms with Crippen LogP contribution in [0.4, 0.5) is 0 Å². The van der Waals surface area contributed by atoms with Crippen LogP contribution in [-0.2, 0) is 9.47 Å². The average molecular weight is 355 g/mol. The molecule has 0 saturated carbocycles. The van der Waals surface area contributed by atoms with E-state index in [0.717, 1.165) is 32.5 Å². The Morgan fingerprint density at radius 3 is 1.28 bits per heavy atom. The minimum Gasteiger partial charge on any atom is -0.350 e. The number of hydrogen-bond donors (Lipinski definition) is 0. The number of hydrogen-bond acceptors (Lipinski definition) is 2. The van der Waals surface area contributed by atoms with Crippen LogP contribution in [0.5, 0.6) is 0 Å². The quantitative estimate of drug-likeness (QED) is 0.248. The van der Waals surface area contributed by atoms with Crippen LogP contribution < -0.4 is 0 Å². The molecule has 1 saturated heterocycles. The van der Waals surface area contributed by atoms with Gasteiger partial charge in [0, 0.05) is 12.8 Å². The van der Waals surface area contributed by atoms with Crippen molar-refractivity contribution in [3.8, 4) is 0 Å². The van der Waals surface area contributed by atoms with E-state index < -0.39 is 0 Å². The van der Waals surface area contributed by atoms with Gasteiger partial charge in [0.25, 0.3) is 0 Å². The third-order valence-corrected chi connectivity index (χ3v) is 5.59. The van der Waals surface area contributed by atoms with Crippen LogP contribution in [-0.4, -0.2) is 19.0 Å². The van der Waals surface area contributed by atoms with E-state index in [-0.39, 0.29) is 5.79 Å². The lowest BCUT2D eigenvalue weighted by atomic mass is 9.98. The van der Waals surface area contributed by atoms with Gasteiger partial charge >= 0.3 is 0 Å². The molecule has 0 N–H and O–H groups in total. The zero-order chi connectivity index (χ0) is 18.1. The predicted molar refractivity (Wildman–Crippen MR) is 109 cm³/mol. The molecule has 0 unspecified atom stereocenters. The zero-order valence-corrected chi connectivity index (χ0v) is 17.5. The second-order valence-electron chi connectivity index (χ2n) is 8.06. The van der Waals surface area contributed by atoms with E-state index >= 15 is 0 Å². The first kappa shape index (κ1) is 23.0. The first-order valence-corrected chi connectivity index (χ1v) is 11.6. The maximum atomic E-state index is 6.13. The van der Waals surface area contributed by atoms with Crippen LogP contribution in [0.1, 0.15) is 129 Å². The Morgan fingerprint density at radius 2 is 0.880 bits per heavy atom. The second-order valence-corrected chi connectivity index (χ2v) is 8.06. The van der Waals surface area contributed by atoms with Crippen molar-refractivity contribution in [1.29, 1.82) is 0 Å². The van der Waals surface area contributed by atoms with Crippen LogP contribution in [0.25, 0.3) is 0 Å². The van der Waals surface area contributed by atoms with Gasteiger partial charge in [0.15, 0.2) is 5.79 Å². The van der Waals surface area contributed by atoms with E-state index in [0.29, 0.717) is 0 Å². The largest absolute Gasteiger partial charge is 0.350 e. The summed E-state index contributed by atoms with van der Waals surface area (Å²) in [4.78, 5) is 0. The maximum absolute atomic E-state index is 6.13.